The maximum Gasteiger partial charge on any atom is 0.251 e. The van der Waals surface area contributed by atoms with E-state index in [0.717, 1.165) is 18.4 Å². The maximum absolute atomic E-state index is 14.6. The lowest BCUT2D eigenvalue weighted by molar-refractivity contribution is 0.0937. The summed E-state index contributed by atoms with van der Waals surface area (Å²) in [6, 6.07) is 19.1. The van der Waals surface area contributed by atoms with E-state index in [0.29, 0.717) is 13.0 Å². The number of hydrogen-bond acceptors (Lipinski definition) is 3. The summed E-state index contributed by atoms with van der Waals surface area (Å²) in [6.07, 6.45) is 2.23. The van der Waals surface area contributed by atoms with Crippen molar-refractivity contribution in [3.63, 3.8) is 0 Å². The molecule has 0 fully saturated rings. The van der Waals surface area contributed by atoms with Gasteiger partial charge in [-0.2, -0.15) is 0 Å². The molecule has 1 aliphatic rings. The molecule has 0 heterocycles. The van der Waals surface area contributed by atoms with Gasteiger partial charge in [-0.25, -0.2) is 4.39 Å². The number of halogens is 1. The molecule has 4 rings (SSSR count). The molecule has 0 unspecified atom stereocenters. The standard InChI is InChI=1S/C26H26FNO3/c1-17-6-5-7-18(12-17)10-11-31-24-16-21(15-23(27)25(24)30-2)26(29)28-22-13-19-8-3-4-9-20(19)14-22/h3-9,12,15-16,22H,10-11,13-14H2,1-2H3,(H,28,29). The molecule has 0 bridgehead atoms. The van der Waals surface area contributed by atoms with Gasteiger partial charge in [0.1, 0.15) is 0 Å². The molecular weight excluding hydrogens is 393 g/mol. The predicted octanol–water partition coefficient (Wildman–Crippen LogP) is 4.66. The molecule has 0 spiro atoms. The summed E-state index contributed by atoms with van der Waals surface area (Å²) in [5.74, 6) is -0.692. The van der Waals surface area contributed by atoms with E-state index in [-0.39, 0.29) is 29.0 Å². The number of hydrogen-bond donors (Lipinski definition) is 1. The first-order valence-electron chi connectivity index (χ1n) is 10.5. The Bertz CT molecular complexity index is 1070. The van der Waals surface area contributed by atoms with Crippen LogP contribution in [0.5, 0.6) is 11.5 Å². The van der Waals surface area contributed by atoms with Gasteiger partial charge in [0.05, 0.1) is 13.7 Å². The summed E-state index contributed by atoms with van der Waals surface area (Å²) in [5.41, 5.74) is 5.02. The summed E-state index contributed by atoms with van der Waals surface area (Å²) < 4.78 is 25.6. The Kier molecular flexibility index (Phi) is 6.21. The third-order valence-corrected chi connectivity index (χ3v) is 5.59. The summed E-state index contributed by atoms with van der Waals surface area (Å²) in [4.78, 5) is 12.8. The van der Waals surface area contributed by atoms with Crippen molar-refractivity contribution in [2.75, 3.05) is 13.7 Å². The molecule has 160 valence electrons. The Morgan fingerprint density at radius 1 is 1.06 bits per heavy atom. The van der Waals surface area contributed by atoms with Crippen molar-refractivity contribution in [1.82, 2.24) is 5.32 Å². The third kappa shape index (κ3) is 4.88. The van der Waals surface area contributed by atoms with Gasteiger partial charge in [-0.3, -0.25) is 4.79 Å². The summed E-state index contributed by atoms with van der Waals surface area (Å²) in [5, 5.41) is 3.02. The molecule has 1 aliphatic carbocycles. The van der Waals surface area contributed by atoms with Crippen LogP contribution < -0.4 is 14.8 Å². The second-order valence-electron chi connectivity index (χ2n) is 7.92. The molecule has 0 saturated carbocycles. The normalized spacial score (nSPS) is 13.0. The zero-order valence-corrected chi connectivity index (χ0v) is 17.8. The van der Waals surface area contributed by atoms with Crippen LogP contribution in [0.25, 0.3) is 0 Å². The van der Waals surface area contributed by atoms with Crippen LogP contribution in [0, 0.1) is 12.7 Å². The number of aryl methyl sites for hydroxylation is 1. The number of amides is 1. The van der Waals surface area contributed by atoms with Gasteiger partial charge in [0.2, 0.25) is 0 Å². The van der Waals surface area contributed by atoms with Crippen LogP contribution in [0.4, 0.5) is 4.39 Å². The van der Waals surface area contributed by atoms with Crippen molar-refractivity contribution in [3.8, 4) is 11.5 Å². The molecule has 5 heteroatoms. The Morgan fingerprint density at radius 2 is 1.81 bits per heavy atom. The van der Waals surface area contributed by atoms with Gasteiger partial charge < -0.3 is 14.8 Å². The number of ether oxygens (including phenoxy) is 2. The Balaban J connectivity index is 1.44. The zero-order chi connectivity index (χ0) is 21.8. The highest BCUT2D eigenvalue weighted by molar-refractivity contribution is 5.95. The van der Waals surface area contributed by atoms with Gasteiger partial charge in [0.15, 0.2) is 17.3 Å². The van der Waals surface area contributed by atoms with E-state index in [1.54, 1.807) is 6.07 Å². The Labute approximate surface area is 182 Å². The number of carbonyl (C=O) groups is 1. The number of methoxy groups -OCH3 is 1. The summed E-state index contributed by atoms with van der Waals surface area (Å²) >= 11 is 0. The van der Waals surface area contributed by atoms with Crippen molar-refractivity contribution in [3.05, 3.63) is 94.3 Å². The van der Waals surface area contributed by atoms with Gasteiger partial charge in [0.25, 0.3) is 5.91 Å². The van der Waals surface area contributed by atoms with Crippen molar-refractivity contribution >= 4 is 5.91 Å². The highest BCUT2D eigenvalue weighted by atomic mass is 19.1. The second kappa shape index (κ2) is 9.21. The SMILES string of the molecule is COc1c(F)cc(C(=O)NC2Cc3ccccc3C2)cc1OCCc1cccc(C)c1. The number of rotatable bonds is 7. The molecule has 0 aromatic heterocycles. The van der Waals surface area contributed by atoms with Crippen LogP contribution in [0.3, 0.4) is 0 Å². The number of carbonyl (C=O) groups excluding carboxylic acids is 1. The lowest BCUT2D eigenvalue weighted by Gasteiger charge is -2.15. The largest absolute Gasteiger partial charge is 0.490 e. The average molecular weight is 419 g/mol. The van der Waals surface area contributed by atoms with Gasteiger partial charge in [-0.15, -0.1) is 0 Å². The van der Waals surface area contributed by atoms with Gasteiger partial charge in [-0.05, 0) is 48.6 Å². The van der Waals surface area contributed by atoms with Crippen molar-refractivity contribution < 1.29 is 18.7 Å². The summed E-state index contributed by atoms with van der Waals surface area (Å²) in [7, 11) is 1.39. The molecule has 31 heavy (non-hydrogen) atoms. The number of benzene rings is 3. The van der Waals surface area contributed by atoms with Gasteiger partial charge in [0, 0.05) is 18.0 Å². The fourth-order valence-electron chi connectivity index (χ4n) is 4.08. The molecule has 1 amide bonds. The molecule has 0 aliphatic heterocycles. The Hall–Kier alpha value is -3.34. The van der Waals surface area contributed by atoms with E-state index in [1.165, 1.54) is 29.9 Å². The van der Waals surface area contributed by atoms with E-state index in [9.17, 15) is 9.18 Å². The molecule has 1 N–H and O–H groups in total. The highest BCUT2D eigenvalue weighted by Crippen LogP contribution is 2.32. The average Bonchev–Trinajstić information content (AvgIpc) is 3.16. The number of nitrogens with one attached hydrogen (secondary N) is 1. The van der Waals surface area contributed by atoms with E-state index in [1.807, 2.05) is 37.3 Å². The van der Waals surface area contributed by atoms with E-state index in [4.69, 9.17) is 9.47 Å². The minimum Gasteiger partial charge on any atom is -0.490 e. The van der Waals surface area contributed by atoms with E-state index in [2.05, 4.69) is 23.5 Å². The van der Waals surface area contributed by atoms with Crippen LogP contribution in [0.15, 0.2) is 60.7 Å². The molecule has 3 aromatic carbocycles. The lowest BCUT2D eigenvalue weighted by Crippen LogP contribution is -2.35. The zero-order valence-electron chi connectivity index (χ0n) is 17.8. The third-order valence-electron chi connectivity index (χ3n) is 5.59. The molecular formula is C26H26FNO3. The monoisotopic (exact) mass is 419 g/mol. The van der Waals surface area contributed by atoms with Crippen LogP contribution >= 0.6 is 0 Å². The maximum atomic E-state index is 14.6. The molecule has 0 radical (unpaired) electrons. The fraction of sp³-hybridized carbons (Fsp3) is 0.269. The van der Waals surface area contributed by atoms with Crippen LogP contribution in [-0.2, 0) is 19.3 Å². The first kappa shape index (κ1) is 20.9. The van der Waals surface area contributed by atoms with Crippen molar-refractivity contribution in [1.29, 1.82) is 0 Å². The second-order valence-corrected chi connectivity index (χ2v) is 7.92. The topological polar surface area (TPSA) is 47.6 Å². The Morgan fingerprint density at radius 3 is 2.48 bits per heavy atom. The van der Waals surface area contributed by atoms with E-state index >= 15 is 0 Å². The van der Waals surface area contributed by atoms with Gasteiger partial charge in [-0.1, -0.05) is 54.1 Å². The van der Waals surface area contributed by atoms with Crippen LogP contribution in [0.2, 0.25) is 0 Å². The van der Waals surface area contributed by atoms with Crippen LogP contribution in [0.1, 0.15) is 32.6 Å². The van der Waals surface area contributed by atoms with E-state index < -0.39 is 5.82 Å². The number of fused-ring (bicyclic) bond motifs is 1. The van der Waals surface area contributed by atoms with Gasteiger partial charge >= 0.3 is 0 Å². The first-order valence-corrected chi connectivity index (χ1v) is 10.5. The minimum atomic E-state index is -0.615. The predicted molar refractivity (Wildman–Crippen MR) is 118 cm³/mol. The molecule has 3 aromatic rings. The molecule has 0 atom stereocenters. The molecule has 0 saturated heterocycles. The van der Waals surface area contributed by atoms with Crippen molar-refractivity contribution in [2.45, 2.75) is 32.2 Å². The molecule has 4 nitrogen and oxygen atoms in total. The smallest absolute Gasteiger partial charge is 0.251 e. The highest BCUT2D eigenvalue weighted by Gasteiger charge is 2.24. The van der Waals surface area contributed by atoms with Crippen molar-refractivity contribution in [2.24, 2.45) is 0 Å². The first-order chi connectivity index (χ1) is 15.0. The minimum absolute atomic E-state index is 0.000696. The van der Waals surface area contributed by atoms with Crippen LogP contribution in [-0.4, -0.2) is 25.7 Å². The lowest BCUT2D eigenvalue weighted by atomic mass is 10.1. The quantitative estimate of drug-likeness (QED) is 0.606. The summed E-state index contributed by atoms with van der Waals surface area (Å²) in [6.45, 7) is 2.38. The fourth-order valence-corrected chi connectivity index (χ4v) is 4.08.